The van der Waals surface area contributed by atoms with Gasteiger partial charge in [-0.1, -0.05) is 47.6 Å². The molecule has 2 aromatic rings. The molecular weight excluding hydrogens is 366 g/mol. The fourth-order valence-corrected chi connectivity index (χ4v) is 2.32. The van der Waals surface area contributed by atoms with Crippen molar-refractivity contribution in [2.45, 2.75) is 52.4 Å². The minimum absolute atomic E-state index is 0. The molecule has 0 aliphatic rings. The quantitative estimate of drug-likeness (QED) is 0.516. The van der Waals surface area contributed by atoms with E-state index in [0.29, 0.717) is 0 Å². The molecule has 0 nitrogen and oxygen atoms in total. The summed E-state index contributed by atoms with van der Waals surface area (Å²) in [6.45, 7) is 13.7. The van der Waals surface area contributed by atoms with Gasteiger partial charge in [0.05, 0.1) is 0 Å². The summed E-state index contributed by atoms with van der Waals surface area (Å²) in [5.74, 6) is 0. The molecule has 0 aromatic heterocycles. The molecule has 3 heteroatoms. The Morgan fingerprint density at radius 2 is 1.40 bits per heavy atom. The van der Waals surface area contributed by atoms with E-state index in [1.807, 2.05) is 0 Å². The maximum absolute atomic E-state index is 2.37. The van der Waals surface area contributed by atoms with E-state index in [0.717, 1.165) is 0 Å². The van der Waals surface area contributed by atoms with Gasteiger partial charge in [-0.2, -0.15) is 6.07 Å². The average molecular weight is 390 g/mol. The van der Waals surface area contributed by atoms with Gasteiger partial charge in [-0.15, -0.1) is 40.1 Å². The third kappa shape index (κ3) is 4.65. The number of hydrogen-bond acceptors (Lipinski definition) is 0. The molecule has 0 aliphatic carbocycles. The maximum Gasteiger partial charge on any atom is 3.00 e. The fourth-order valence-electron chi connectivity index (χ4n) is 2.32. The first-order chi connectivity index (χ1) is 7.69. The van der Waals surface area contributed by atoms with Crippen LogP contribution in [0.3, 0.4) is 0 Å². The molecule has 0 N–H and O–H groups in total. The Kier molecular flexibility index (Phi) is 8.49. The van der Waals surface area contributed by atoms with Crippen LogP contribution in [0, 0.1) is 0 Å². The minimum atomic E-state index is 0. The van der Waals surface area contributed by atoms with Gasteiger partial charge < -0.3 is 24.8 Å². The van der Waals surface area contributed by atoms with Gasteiger partial charge in [0.15, 0.2) is 0 Å². The normalized spacial score (nSPS) is 11.3. The Bertz CT molecular complexity index is 542. The SMILES string of the molecule is CC(C)(C)c1cc2cccc(C(C)(C)C)c2[cH-]1.[Cl-].[Cl-].[Zr+3]. The number of benzene rings is 1. The number of rotatable bonds is 0. The maximum atomic E-state index is 2.37. The van der Waals surface area contributed by atoms with Crippen molar-refractivity contribution in [3.05, 3.63) is 41.5 Å². The van der Waals surface area contributed by atoms with Crippen LogP contribution < -0.4 is 24.8 Å². The second-order valence-corrected chi connectivity index (χ2v) is 7.05. The van der Waals surface area contributed by atoms with Crippen LogP contribution in [0.15, 0.2) is 30.3 Å². The first kappa shape index (κ1) is 22.6. The molecule has 0 unspecified atom stereocenters. The van der Waals surface area contributed by atoms with Crippen molar-refractivity contribution in [2.24, 2.45) is 0 Å². The molecule has 0 heterocycles. The van der Waals surface area contributed by atoms with Crippen LogP contribution in [0.2, 0.25) is 0 Å². The van der Waals surface area contributed by atoms with Crippen LogP contribution >= 0.6 is 0 Å². The van der Waals surface area contributed by atoms with Crippen LogP contribution in [0.5, 0.6) is 0 Å². The molecule has 0 fully saturated rings. The predicted molar refractivity (Wildman–Crippen MR) is 76.9 cm³/mol. The second-order valence-electron chi connectivity index (χ2n) is 7.05. The van der Waals surface area contributed by atoms with Crippen molar-refractivity contribution < 1.29 is 51.0 Å². The van der Waals surface area contributed by atoms with Crippen molar-refractivity contribution >= 4 is 10.8 Å². The first-order valence-corrected chi connectivity index (χ1v) is 6.40. The van der Waals surface area contributed by atoms with Crippen molar-refractivity contribution in [1.29, 1.82) is 0 Å². The molecule has 0 atom stereocenters. The second kappa shape index (κ2) is 7.52. The molecule has 109 valence electrons. The van der Waals surface area contributed by atoms with Crippen molar-refractivity contribution in [3.63, 3.8) is 0 Å². The van der Waals surface area contributed by atoms with E-state index in [1.54, 1.807) is 0 Å². The molecule has 0 saturated carbocycles. The first-order valence-electron chi connectivity index (χ1n) is 6.40. The van der Waals surface area contributed by atoms with Gasteiger partial charge in [-0.3, -0.25) is 0 Å². The summed E-state index contributed by atoms with van der Waals surface area (Å²) in [6, 6.07) is 11.4. The van der Waals surface area contributed by atoms with Crippen LogP contribution in [0.25, 0.3) is 10.8 Å². The molecule has 0 amide bonds. The zero-order chi connectivity index (χ0) is 12.8. The Morgan fingerprint density at radius 1 is 0.850 bits per heavy atom. The predicted octanol–water partition coefficient (Wildman–Crippen LogP) is -0.841. The number of fused-ring (bicyclic) bond motifs is 1. The Hall–Kier alpha value is 0.293. The van der Waals surface area contributed by atoms with E-state index in [4.69, 9.17) is 0 Å². The standard InChI is InChI=1S/C17H23.2ClH.Zr/c1-16(2,3)13-10-12-8-7-9-15(14(12)11-13)17(4,5)6;;;/h7-11H,1-6H3;2*1H;/q-1;;;+3/p-2. The Balaban J connectivity index is 0. The van der Waals surface area contributed by atoms with Crippen molar-refractivity contribution in [1.82, 2.24) is 0 Å². The summed E-state index contributed by atoms with van der Waals surface area (Å²) >= 11 is 0. The van der Waals surface area contributed by atoms with E-state index in [2.05, 4.69) is 71.9 Å². The third-order valence-corrected chi connectivity index (χ3v) is 3.42. The average Bonchev–Trinajstić information content (AvgIpc) is 2.57. The van der Waals surface area contributed by atoms with Crippen molar-refractivity contribution in [3.8, 4) is 0 Å². The van der Waals surface area contributed by atoms with Crippen LogP contribution in [0.4, 0.5) is 0 Å². The molecule has 2 aromatic carbocycles. The van der Waals surface area contributed by atoms with Gasteiger partial charge in [-0.25, -0.2) is 0 Å². The Morgan fingerprint density at radius 3 is 1.85 bits per heavy atom. The number of hydrogen-bond donors (Lipinski definition) is 0. The molecule has 0 bridgehead atoms. The van der Waals surface area contributed by atoms with Gasteiger partial charge >= 0.3 is 26.2 Å². The third-order valence-electron chi connectivity index (χ3n) is 3.42. The summed E-state index contributed by atoms with van der Waals surface area (Å²) in [4.78, 5) is 0. The smallest absolute Gasteiger partial charge is 1.00 e. The summed E-state index contributed by atoms with van der Waals surface area (Å²) in [7, 11) is 0. The van der Waals surface area contributed by atoms with Gasteiger partial charge in [0, 0.05) is 0 Å². The minimum Gasteiger partial charge on any atom is -1.00 e. The van der Waals surface area contributed by atoms with Gasteiger partial charge in [0.25, 0.3) is 0 Å². The largest absolute Gasteiger partial charge is 3.00 e. The van der Waals surface area contributed by atoms with Crippen LogP contribution in [-0.2, 0) is 37.0 Å². The van der Waals surface area contributed by atoms with Gasteiger partial charge in [0.2, 0.25) is 0 Å². The van der Waals surface area contributed by atoms with E-state index in [-0.39, 0.29) is 61.8 Å². The molecule has 0 saturated heterocycles. The Labute approximate surface area is 155 Å². The molecule has 20 heavy (non-hydrogen) atoms. The molecular formula is C17H23Cl2Zr. The van der Waals surface area contributed by atoms with Gasteiger partial charge in [0.1, 0.15) is 0 Å². The van der Waals surface area contributed by atoms with Gasteiger partial charge in [-0.05, 0) is 10.8 Å². The van der Waals surface area contributed by atoms with E-state index < -0.39 is 0 Å². The zero-order valence-corrected chi connectivity index (χ0v) is 17.1. The van der Waals surface area contributed by atoms with E-state index in [1.165, 1.54) is 21.9 Å². The van der Waals surface area contributed by atoms with Crippen LogP contribution in [-0.4, -0.2) is 0 Å². The molecule has 0 aliphatic heterocycles. The number of halogens is 2. The molecule has 0 spiro atoms. The molecule has 1 radical (unpaired) electrons. The van der Waals surface area contributed by atoms with E-state index >= 15 is 0 Å². The summed E-state index contributed by atoms with van der Waals surface area (Å²) in [6.07, 6.45) is 0. The fraction of sp³-hybridized carbons (Fsp3) is 0.471. The monoisotopic (exact) mass is 387 g/mol. The summed E-state index contributed by atoms with van der Waals surface area (Å²) in [5, 5.41) is 2.80. The van der Waals surface area contributed by atoms with Crippen LogP contribution in [0.1, 0.15) is 52.7 Å². The van der Waals surface area contributed by atoms with E-state index in [9.17, 15) is 0 Å². The zero-order valence-electron chi connectivity index (χ0n) is 13.1. The molecule has 2 rings (SSSR count). The summed E-state index contributed by atoms with van der Waals surface area (Å²) in [5.41, 5.74) is 3.33. The topological polar surface area (TPSA) is 0 Å². The van der Waals surface area contributed by atoms with Crippen molar-refractivity contribution in [2.75, 3.05) is 0 Å². The summed E-state index contributed by atoms with van der Waals surface area (Å²) < 4.78 is 0.